The first-order valence-electron chi connectivity index (χ1n) is 8.01. The number of hydrazone groups is 1. The van der Waals surface area contributed by atoms with Gasteiger partial charge in [-0.25, -0.2) is 9.40 Å². The quantitative estimate of drug-likeness (QED) is 0.791. The normalized spacial score (nSPS) is 15.9. The van der Waals surface area contributed by atoms with Crippen molar-refractivity contribution in [3.63, 3.8) is 0 Å². The van der Waals surface area contributed by atoms with Crippen LogP contribution in [0.3, 0.4) is 0 Å². The second kappa shape index (κ2) is 8.54. The van der Waals surface area contributed by atoms with Crippen molar-refractivity contribution in [2.45, 2.75) is 32.7 Å². The molecular weight excluding hydrogens is 313 g/mol. The van der Waals surface area contributed by atoms with E-state index in [-0.39, 0.29) is 43.1 Å². The third-order valence-corrected chi connectivity index (χ3v) is 3.85. The van der Waals surface area contributed by atoms with Gasteiger partial charge in [0, 0.05) is 26.0 Å². The van der Waals surface area contributed by atoms with Gasteiger partial charge < -0.3 is 10.4 Å². The Balaban J connectivity index is 1.98. The maximum Gasteiger partial charge on any atom is 0.267 e. The number of benzene rings is 1. The molecule has 0 fully saturated rings. The molecule has 1 atom stereocenters. The van der Waals surface area contributed by atoms with Crippen LogP contribution in [0.25, 0.3) is 0 Å². The minimum Gasteiger partial charge on any atom is -0.396 e. The Morgan fingerprint density at radius 1 is 1.38 bits per heavy atom. The van der Waals surface area contributed by atoms with Gasteiger partial charge in [-0.2, -0.15) is 5.10 Å². The van der Waals surface area contributed by atoms with Gasteiger partial charge in [0.2, 0.25) is 5.91 Å². The minimum absolute atomic E-state index is 0.0813. The molecule has 0 aliphatic carbocycles. The molecule has 0 saturated heterocycles. The summed E-state index contributed by atoms with van der Waals surface area (Å²) < 4.78 is 12.9. The summed E-state index contributed by atoms with van der Waals surface area (Å²) in [5.41, 5.74) is 1.06. The van der Waals surface area contributed by atoms with Crippen molar-refractivity contribution in [3.8, 4) is 0 Å². The van der Waals surface area contributed by atoms with E-state index in [0.717, 1.165) is 5.56 Å². The zero-order valence-corrected chi connectivity index (χ0v) is 13.7. The summed E-state index contributed by atoms with van der Waals surface area (Å²) in [6.07, 6.45) is 1.14. The number of nitrogens with one attached hydrogen (secondary N) is 1. The zero-order valence-electron chi connectivity index (χ0n) is 13.7. The van der Waals surface area contributed by atoms with Crippen LogP contribution in [0.4, 0.5) is 4.39 Å². The van der Waals surface area contributed by atoms with Crippen molar-refractivity contribution in [1.82, 2.24) is 10.3 Å². The molecule has 1 aliphatic rings. The third-order valence-electron chi connectivity index (χ3n) is 3.85. The van der Waals surface area contributed by atoms with Crippen LogP contribution in [0.5, 0.6) is 0 Å². The molecule has 0 unspecified atom stereocenters. The molecule has 0 radical (unpaired) electrons. The number of aliphatic hydroxyl groups excluding tert-OH is 1. The van der Waals surface area contributed by atoms with Gasteiger partial charge in [0.25, 0.3) is 5.91 Å². The highest BCUT2D eigenvalue weighted by Crippen LogP contribution is 2.14. The SMILES string of the molecule is C[C@@H](CCO)CNC(=O)C1=NN(Cc2ccc(F)cc2)C(=O)CC1. The lowest BCUT2D eigenvalue weighted by Crippen LogP contribution is -2.40. The maximum absolute atomic E-state index is 12.9. The lowest BCUT2D eigenvalue weighted by Gasteiger charge is -2.23. The number of nitrogens with zero attached hydrogens (tertiary/aromatic N) is 2. The van der Waals surface area contributed by atoms with Crippen LogP contribution in [0.2, 0.25) is 0 Å². The fraction of sp³-hybridized carbons (Fsp3) is 0.471. The summed E-state index contributed by atoms with van der Waals surface area (Å²) in [4.78, 5) is 24.1. The van der Waals surface area contributed by atoms with Crippen LogP contribution in [0.1, 0.15) is 31.7 Å². The van der Waals surface area contributed by atoms with Crippen molar-refractivity contribution in [2.24, 2.45) is 11.0 Å². The molecule has 1 aromatic rings. The molecule has 2 amide bonds. The molecule has 1 aromatic carbocycles. The highest BCUT2D eigenvalue weighted by Gasteiger charge is 2.24. The van der Waals surface area contributed by atoms with Crippen molar-refractivity contribution >= 4 is 17.5 Å². The largest absolute Gasteiger partial charge is 0.396 e. The second-order valence-electron chi connectivity index (χ2n) is 5.95. The fourth-order valence-corrected chi connectivity index (χ4v) is 2.34. The van der Waals surface area contributed by atoms with E-state index in [1.807, 2.05) is 6.92 Å². The van der Waals surface area contributed by atoms with E-state index in [2.05, 4.69) is 10.4 Å². The van der Waals surface area contributed by atoms with Crippen LogP contribution in [0, 0.1) is 11.7 Å². The van der Waals surface area contributed by atoms with E-state index in [0.29, 0.717) is 25.1 Å². The number of hydrogen-bond acceptors (Lipinski definition) is 4. The Kier molecular flexibility index (Phi) is 6.43. The van der Waals surface area contributed by atoms with Gasteiger partial charge in [-0.1, -0.05) is 19.1 Å². The smallest absolute Gasteiger partial charge is 0.267 e. The molecule has 0 aromatic heterocycles. The number of hydrogen-bond donors (Lipinski definition) is 2. The van der Waals surface area contributed by atoms with Crippen LogP contribution in [-0.4, -0.2) is 40.8 Å². The van der Waals surface area contributed by atoms with E-state index >= 15 is 0 Å². The van der Waals surface area contributed by atoms with E-state index in [4.69, 9.17) is 5.11 Å². The first-order chi connectivity index (χ1) is 11.5. The van der Waals surface area contributed by atoms with Gasteiger partial charge in [-0.3, -0.25) is 9.59 Å². The number of aliphatic hydroxyl groups is 1. The van der Waals surface area contributed by atoms with Gasteiger partial charge in [0.05, 0.1) is 6.54 Å². The number of carbonyl (C=O) groups excluding carboxylic acids is 2. The molecular formula is C17H22FN3O3. The van der Waals surface area contributed by atoms with E-state index in [1.54, 1.807) is 12.1 Å². The van der Waals surface area contributed by atoms with Crippen molar-refractivity contribution in [3.05, 3.63) is 35.6 Å². The molecule has 24 heavy (non-hydrogen) atoms. The summed E-state index contributed by atoms with van der Waals surface area (Å²) in [5.74, 6) is -0.634. The first kappa shape index (κ1) is 18.1. The maximum atomic E-state index is 12.9. The standard InChI is InChI=1S/C17H22FN3O3/c1-12(8-9-22)10-19-17(24)15-6-7-16(23)21(20-15)11-13-2-4-14(18)5-3-13/h2-5,12,22H,6-11H2,1H3,(H,19,24)/t12-/m0/s1. The average molecular weight is 335 g/mol. The predicted octanol–water partition coefficient (Wildman–Crippen LogP) is 1.44. The van der Waals surface area contributed by atoms with Crippen molar-refractivity contribution < 1.29 is 19.1 Å². The molecule has 130 valence electrons. The molecule has 6 nitrogen and oxygen atoms in total. The molecule has 1 aliphatic heterocycles. The molecule has 2 N–H and O–H groups in total. The molecule has 0 bridgehead atoms. The summed E-state index contributed by atoms with van der Waals surface area (Å²) >= 11 is 0. The van der Waals surface area contributed by atoms with Gasteiger partial charge >= 0.3 is 0 Å². The summed E-state index contributed by atoms with van der Waals surface area (Å²) in [7, 11) is 0. The number of carbonyl (C=O) groups is 2. The van der Waals surface area contributed by atoms with Gasteiger partial charge in [-0.15, -0.1) is 0 Å². The Morgan fingerprint density at radius 3 is 2.75 bits per heavy atom. The van der Waals surface area contributed by atoms with E-state index in [9.17, 15) is 14.0 Å². The monoisotopic (exact) mass is 335 g/mol. The third kappa shape index (κ3) is 5.13. The lowest BCUT2D eigenvalue weighted by atomic mass is 10.1. The lowest BCUT2D eigenvalue weighted by molar-refractivity contribution is -0.132. The van der Waals surface area contributed by atoms with Gasteiger partial charge in [-0.05, 0) is 30.0 Å². The molecule has 0 saturated carbocycles. The van der Waals surface area contributed by atoms with E-state index in [1.165, 1.54) is 17.1 Å². The summed E-state index contributed by atoms with van der Waals surface area (Å²) in [6.45, 7) is 2.67. The van der Waals surface area contributed by atoms with Gasteiger partial charge in [0.1, 0.15) is 11.5 Å². The second-order valence-corrected chi connectivity index (χ2v) is 5.95. The predicted molar refractivity (Wildman–Crippen MR) is 87.5 cm³/mol. The zero-order chi connectivity index (χ0) is 17.5. The Labute approximate surface area is 140 Å². The summed E-state index contributed by atoms with van der Waals surface area (Å²) in [5, 5.41) is 17.0. The van der Waals surface area contributed by atoms with Crippen LogP contribution < -0.4 is 5.32 Å². The highest BCUT2D eigenvalue weighted by atomic mass is 19.1. The van der Waals surface area contributed by atoms with Crippen molar-refractivity contribution in [2.75, 3.05) is 13.2 Å². The van der Waals surface area contributed by atoms with Crippen LogP contribution >= 0.6 is 0 Å². The topological polar surface area (TPSA) is 82.0 Å². The first-order valence-corrected chi connectivity index (χ1v) is 8.01. The van der Waals surface area contributed by atoms with Gasteiger partial charge in [0.15, 0.2) is 0 Å². The van der Waals surface area contributed by atoms with Crippen molar-refractivity contribution in [1.29, 1.82) is 0 Å². The highest BCUT2D eigenvalue weighted by molar-refractivity contribution is 6.39. The summed E-state index contributed by atoms with van der Waals surface area (Å²) in [6, 6.07) is 5.82. The molecule has 2 rings (SSSR count). The Morgan fingerprint density at radius 2 is 2.08 bits per heavy atom. The van der Waals surface area contributed by atoms with Crippen LogP contribution in [0.15, 0.2) is 29.4 Å². The number of amides is 2. The molecule has 7 heteroatoms. The van der Waals surface area contributed by atoms with Crippen LogP contribution in [-0.2, 0) is 16.1 Å². The average Bonchev–Trinajstić information content (AvgIpc) is 2.57. The molecule has 0 spiro atoms. The number of rotatable bonds is 7. The number of halogens is 1. The fourth-order valence-electron chi connectivity index (χ4n) is 2.34. The Hall–Kier alpha value is -2.28. The minimum atomic E-state index is -0.343. The molecule has 1 heterocycles. The Bertz CT molecular complexity index is 616. The van der Waals surface area contributed by atoms with E-state index < -0.39 is 0 Å².